The van der Waals surface area contributed by atoms with Crippen molar-refractivity contribution in [2.75, 3.05) is 6.61 Å². The number of unbranched alkanes of at least 4 members (excludes halogenated alkanes) is 1. The van der Waals surface area contributed by atoms with Crippen LogP contribution in [0.2, 0.25) is 0 Å². The summed E-state index contributed by atoms with van der Waals surface area (Å²) in [7, 11) is 0. The molecule has 0 aliphatic rings. The average Bonchev–Trinajstić information content (AvgIpc) is 2.29. The molecule has 0 aliphatic heterocycles. The Kier molecular flexibility index (Phi) is 5.09. The van der Waals surface area contributed by atoms with E-state index < -0.39 is 10.9 Å². The summed E-state index contributed by atoms with van der Waals surface area (Å²) in [5.74, 6) is -0.655. The van der Waals surface area contributed by atoms with Crippen molar-refractivity contribution in [3.05, 3.63) is 38.3 Å². The summed E-state index contributed by atoms with van der Waals surface area (Å²) in [6, 6.07) is 4.25. The molecule has 0 aliphatic carbocycles. The van der Waals surface area contributed by atoms with E-state index in [2.05, 4.69) is 15.9 Å². The molecule has 0 saturated heterocycles. The van der Waals surface area contributed by atoms with Crippen molar-refractivity contribution in [3.8, 4) is 0 Å². The van der Waals surface area contributed by atoms with Gasteiger partial charge in [-0.3, -0.25) is 10.1 Å². The van der Waals surface area contributed by atoms with Crippen LogP contribution in [-0.2, 0) is 4.74 Å². The fourth-order valence-electron chi connectivity index (χ4n) is 1.22. The Bertz CT molecular complexity index is 433. The van der Waals surface area contributed by atoms with Gasteiger partial charge in [0.15, 0.2) is 0 Å². The summed E-state index contributed by atoms with van der Waals surface area (Å²) >= 11 is 3.12. The molecule has 0 heterocycles. The Labute approximate surface area is 107 Å². The first-order valence-corrected chi connectivity index (χ1v) is 5.96. The van der Waals surface area contributed by atoms with Crippen LogP contribution in [0.15, 0.2) is 22.7 Å². The minimum absolute atomic E-state index is 0.0192. The summed E-state index contributed by atoms with van der Waals surface area (Å²) in [6.45, 7) is 2.25. The molecular weight excluding hydrogens is 290 g/mol. The zero-order valence-electron chi connectivity index (χ0n) is 9.31. The van der Waals surface area contributed by atoms with Crippen LogP contribution in [0.3, 0.4) is 0 Å². The fraction of sp³-hybridized carbons (Fsp3) is 0.364. The van der Waals surface area contributed by atoms with Crippen molar-refractivity contribution in [2.45, 2.75) is 19.8 Å². The molecule has 0 aromatic heterocycles. The van der Waals surface area contributed by atoms with Crippen LogP contribution in [0.4, 0.5) is 5.69 Å². The van der Waals surface area contributed by atoms with E-state index in [1.54, 1.807) is 6.07 Å². The average molecular weight is 302 g/mol. The first kappa shape index (κ1) is 13.6. The van der Waals surface area contributed by atoms with Crippen LogP contribution in [0, 0.1) is 10.1 Å². The maximum atomic E-state index is 11.6. The number of nitrogens with zero attached hydrogens (tertiary/aromatic N) is 1. The molecule has 0 unspecified atom stereocenters. The number of carbonyl (C=O) groups is 1. The third-order valence-electron chi connectivity index (χ3n) is 2.11. The van der Waals surface area contributed by atoms with Gasteiger partial charge in [0.25, 0.3) is 5.69 Å². The van der Waals surface area contributed by atoms with Crippen molar-refractivity contribution in [2.24, 2.45) is 0 Å². The predicted octanol–water partition coefficient (Wildman–Crippen LogP) is 3.31. The number of ether oxygens (including phenoxy) is 1. The molecule has 0 bridgehead atoms. The normalized spacial score (nSPS) is 10.0. The lowest BCUT2D eigenvalue weighted by Crippen LogP contribution is -2.09. The van der Waals surface area contributed by atoms with E-state index in [1.807, 2.05) is 6.92 Å². The van der Waals surface area contributed by atoms with Gasteiger partial charge in [-0.05, 0) is 18.6 Å². The maximum Gasteiger partial charge on any atom is 0.345 e. The SMILES string of the molecule is CCCCOC(=O)c1ccc(Br)cc1[N+](=O)[O-]. The zero-order valence-corrected chi connectivity index (χ0v) is 10.9. The van der Waals surface area contributed by atoms with Crippen molar-refractivity contribution >= 4 is 27.6 Å². The van der Waals surface area contributed by atoms with Crippen molar-refractivity contribution < 1.29 is 14.5 Å². The largest absolute Gasteiger partial charge is 0.462 e. The number of benzene rings is 1. The van der Waals surface area contributed by atoms with Crippen molar-refractivity contribution in [1.29, 1.82) is 0 Å². The number of nitro groups is 1. The van der Waals surface area contributed by atoms with E-state index in [1.165, 1.54) is 12.1 Å². The molecule has 0 fully saturated rings. The van der Waals surface area contributed by atoms with Gasteiger partial charge < -0.3 is 4.74 Å². The topological polar surface area (TPSA) is 69.4 Å². The Hall–Kier alpha value is -1.43. The van der Waals surface area contributed by atoms with Crippen LogP contribution in [0.5, 0.6) is 0 Å². The molecule has 1 aromatic carbocycles. The van der Waals surface area contributed by atoms with Gasteiger partial charge in [0, 0.05) is 10.5 Å². The second kappa shape index (κ2) is 6.34. The lowest BCUT2D eigenvalue weighted by atomic mass is 10.2. The summed E-state index contributed by atoms with van der Waals surface area (Å²) in [5.41, 5.74) is -0.268. The van der Waals surface area contributed by atoms with E-state index in [0.717, 1.165) is 12.8 Å². The number of carbonyl (C=O) groups excluding carboxylic acids is 1. The first-order valence-electron chi connectivity index (χ1n) is 5.17. The van der Waals surface area contributed by atoms with Gasteiger partial charge in [0.1, 0.15) is 5.56 Å². The highest BCUT2D eigenvalue weighted by Crippen LogP contribution is 2.24. The molecular formula is C11H12BrNO4. The highest BCUT2D eigenvalue weighted by molar-refractivity contribution is 9.10. The van der Waals surface area contributed by atoms with Crippen molar-refractivity contribution in [1.82, 2.24) is 0 Å². The van der Waals surface area contributed by atoms with E-state index in [0.29, 0.717) is 4.47 Å². The smallest absolute Gasteiger partial charge is 0.345 e. The molecule has 92 valence electrons. The van der Waals surface area contributed by atoms with Crippen LogP contribution in [0.1, 0.15) is 30.1 Å². The van der Waals surface area contributed by atoms with Gasteiger partial charge in [-0.2, -0.15) is 0 Å². The summed E-state index contributed by atoms with van der Waals surface area (Å²) < 4.78 is 5.49. The molecule has 0 saturated carbocycles. The van der Waals surface area contributed by atoms with Gasteiger partial charge in [0.2, 0.25) is 0 Å². The number of rotatable bonds is 5. The Morgan fingerprint density at radius 3 is 2.82 bits per heavy atom. The number of nitro benzene ring substituents is 1. The van der Waals surface area contributed by atoms with E-state index in [9.17, 15) is 14.9 Å². The molecule has 5 nitrogen and oxygen atoms in total. The fourth-order valence-corrected chi connectivity index (χ4v) is 1.56. The Morgan fingerprint density at radius 2 is 2.24 bits per heavy atom. The zero-order chi connectivity index (χ0) is 12.8. The molecule has 0 spiro atoms. The summed E-state index contributed by atoms with van der Waals surface area (Å²) in [6.07, 6.45) is 1.64. The van der Waals surface area contributed by atoms with Crippen LogP contribution in [0.25, 0.3) is 0 Å². The standard InChI is InChI=1S/C11H12BrNO4/c1-2-3-6-17-11(14)9-5-4-8(12)7-10(9)13(15)16/h4-5,7H,2-3,6H2,1H3. The van der Waals surface area contributed by atoms with Gasteiger partial charge in [-0.25, -0.2) is 4.79 Å². The molecule has 0 radical (unpaired) electrons. The molecule has 6 heteroatoms. The monoisotopic (exact) mass is 301 g/mol. The minimum atomic E-state index is -0.655. The minimum Gasteiger partial charge on any atom is -0.462 e. The molecule has 1 rings (SSSR count). The first-order chi connectivity index (χ1) is 8.06. The van der Waals surface area contributed by atoms with E-state index in [4.69, 9.17) is 4.74 Å². The third-order valence-corrected chi connectivity index (χ3v) is 2.60. The second-order valence-electron chi connectivity index (χ2n) is 3.41. The summed E-state index contributed by atoms with van der Waals surface area (Å²) in [4.78, 5) is 21.8. The lowest BCUT2D eigenvalue weighted by Gasteiger charge is -2.04. The van der Waals surface area contributed by atoms with Crippen molar-refractivity contribution in [3.63, 3.8) is 0 Å². The molecule has 17 heavy (non-hydrogen) atoms. The van der Waals surface area contributed by atoms with Gasteiger partial charge >= 0.3 is 5.97 Å². The number of esters is 1. The van der Waals surface area contributed by atoms with Crippen LogP contribution < -0.4 is 0 Å². The molecule has 1 aromatic rings. The number of hydrogen-bond acceptors (Lipinski definition) is 4. The Morgan fingerprint density at radius 1 is 1.53 bits per heavy atom. The lowest BCUT2D eigenvalue weighted by molar-refractivity contribution is -0.385. The highest BCUT2D eigenvalue weighted by atomic mass is 79.9. The predicted molar refractivity (Wildman–Crippen MR) is 66.0 cm³/mol. The van der Waals surface area contributed by atoms with Gasteiger partial charge in [-0.15, -0.1) is 0 Å². The van der Waals surface area contributed by atoms with E-state index >= 15 is 0 Å². The van der Waals surface area contributed by atoms with E-state index in [-0.39, 0.29) is 17.9 Å². The highest BCUT2D eigenvalue weighted by Gasteiger charge is 2.21. The van der Waals surface area contributed by atoms with Crippen LogP contribution >= 0.6 is 15.9 Å². The molecule has 0 N–H and O–H groups in total. The van der Waals surface area contributed by atoms with Gasteiger partial charge in [-0.1, -0.05) is 29.3 Å². The quantitative estimate of drug-likeness (QED) is 0.362. The van der Waals surface area contributed by atoms with Gasteiger partial charge in [0.05, 0.1) is 11.5 Å². The summed E-state index contributed by atoms with van der Waals surface area (Å²) in [5, 5.41) is 10.8. The van der Waals surface area contributed by atoms with Crippen LogP contribution in [-0.4, -0.2) is 17.5 Å². The second-order valence-corrected chi connectivity index (χ2v) is 4.32. The maximum absolute atomic E-state index is 11.6. The number of hydrogen-bond donors (Lipinski definition) is 0. The molecule has 0 amide bonds. The third kappa shape index (κ3) is 3.81. The number of halogens is 1. The Balaban J connectivity index is 2.89. The molecule has 0 atom stereocenters.